The van der Waals surface area contributed by atoms with Crippen molar-refractivity contribution in [3.63, 3.8) is 0 Å². The molecule has 15 heavy (non-hydrogen) atoms. The Labute approximate surface area is 97.8 Å². The largest absolute Gasteiger partial charge is 0.0651 e. The van der Waals surface area contributed by atoms with Crippen molar-refractivity contribution in [3.8, 4) is 0 Å². The summed E-state index contributed by atoms with van der Waals surface area (Å²) in [5.74, 6) is 3.76. The van der Waals surface area contributed by atoms with E-state index in [9.17, 15) is 0 Å². The second kappa shape index (κ2) is 8.19. The molecule has 0 aromatic carbocycles. The second-order valence-corrected chi connectivity index (χ2v) is 5.12. The van der Waals surface area contributed by atoms with E-state index in [4.69, 9.17) is 0 Å². The van der Waals surface area contributed by atoms with Gasteiger partial charge in [0.1, 0.15) is 0 Å². The molecule has 0 bridgehead atoms. The number of hydrogen-bond acceptors (Lipinski definition) is 0. The Bertz CT molecular complexity index is 119. The predicted molar refractivity (Wildman–Crippen MR) is 71.1 cm³/mol. The van der Waals surface area contributed by atoms with Crippen molar-refractivity contribution in [1.29, 1.82) is 0 Å². The van der Waals surface area contributed by atoms with Crippen LogP contribution in [0.5, 0.6) is 0 Å². The first-order valence-electron chi connectivity index (χ1n) is 7.15. The minimum Gasteiger partial charge on any atom is -0.0651 e. The van der Waals surface area contributed by atoms with E-state index in [1.165, 1.54) is 32.1 Å². The topological polar surface area (TPSA) is 0 Å². The predicted octanol–water partition coefficient (Wildman–Crippen LogP) is 5.52. The Morgan fingerprint density at radius 2 is 0.933 bits per heavy atom. The molecular formula is C15H32. The Morgan fingerprint density at radius 3 is 1.13 bits per heavy atom. The van der Waals surface area contributed by atoms with E-state index in [-0.39, 0.29) is 0 Å². The van der Waals surface area contributed by atoms with Crippen molar-refractivity contribution >= 4 is 0 Å². The van der Waals surface area contributed by atoms with Gasteiger partial charge in [-0.25, -0.2) is 0 Å². The summed E-state index contributed by atoms with van der Waals surface area (Å²) in [4.78, 5) is 0. The molecule has 0 amide bonds. The van der Waals surface area contributed by atoms with Gasteiger partial charge in [0.05, 0.1) is 0 Å². The fourth-order valence-electron chi connectivity index (χ4n) is 3.25. The van der Waals surface area contributed by atoms with Crippen LogP contribution in [-0.4, -0.2) is 0 Å². The fraction of sp³-hybridized carbons (Fsp3) is 1.00. The lowest BCUT2D eigenvalue weighted by molar-refractivity contribution is 0.133. The quantitative estimate of drug-likeness (QED) is 0.497. The van der Waals surface area contributed by atoms with Crippen LogP contribution in [0, 0.1) is 23.7 Å². The molecule has 92 valence electrons. The first-order chi connectivity index (χ1) is 7.15. The van der Waals surface area contributed by atoms with Crippen molar-refractivity contribution < 1.29 is 0 Å². The van der Waals surface area contributed by atoms with E-state index in [2.05, 4.69) is 41.5 Å². The zero-order valence-electron chi connectivity index (χ0n) is 11.8. The van der Waals surface area contributed by atoms with Crippen LogP contribution >= 0.6 is 0 Å². The van der Waals surface area contributed by atoms with Crippen molar-refractivity contribution in [3.05, 3.63) is 0 Å². The van der Waals surface area contributed by atoms with Gasteiger partial charge in [-0.2, -0.15) is 0 Å². The van der Waals surface area contributed by atoms with Crippen molar-refractivity contribution in [1.82, 2.24) is 0 Å². The molecule has 0 saturated carbocycles. The molecule has 0 spiro atoms. The smallest absolute Gasteiger partial charge is 0.0332 e. The molecule has 0 aliphatic carbocycles. The minimum atomic E-state index is 0.903. The van der Waals surface area contributed by atoms with Gasteiger partial charge in [-0.1, -0.05) is 73.6 Å². The van der Waals surface area contributed by atoms with E-state index in [0.717, 1.165) is 23.7 Å². The van der Waals surface area contributed by atoms with Gasteiger partial charge in [0, 0.05) is 0 Å². The number of rotatable bonds is 8. The molecule has 0 aliphatic rings. The molecule has 0 saturated heterocycles. The maximum absolute atomic E-state index is 2.46. The van der Waals surface area contributed by atoms with E-state index in [1.807, 2.05) is 0 Å². The van der Waals surface area contributed by atoms with Crippen LogP contribution in [0.3, 0.4) is 0 Å². The van der Waals surface area contributed by atoms with Gasteiger partial charge in [-0.3, -0.25) is 0 Å². The summed E-state index contributed by atoms with van der Waals surface area (Å²) >= 11 is 0. The van der Waals surface area contributed by atoms with Crippen molar-refractivity contribution in [2.45, 2.75) is 73.6 Å². The average molecular weight is 212 g/mol. The maximum Gasteiger partial charge on any atom is -0.0332 e. The summed E-state index contributed by atoms with van der Waals surface area (Å²) < 4.78 is 0. The first-order valence-corrected chi connectivity index (χ1v) is 7.15. The maximum atomic E-state index is 2.46. The van der Waals surface area contributed by atoms with Crippen molar-refractivity contribution in [2.24, 2.45) is 23.7 Å². The summed E-state index contributed by atoms with van der Waals surface area (Å²) in [6.45, 7) is 14.3. The molecule has 0 N–H and O–H groups in total. The summed E-state index contributed by atoms with van der Waals surface area (Å²) in [5, 5.41) is 0. The van der Waals surface area contributed by atoms with Gasteiger partial charge in [-0.05, 0) is 23.7 Å². The zero-order chi connectivity index (χ0) is 11.8. The lowest BCUT2D eigenvalue weighted by Crippen LogP contribution is -2.28. The highest BCUT2D eigenvalue weighted by molar-refractivity contribution is 4.78. The third-order valence-electron chi connectivity index (χ3n) is 4.49. The van der Waals surface area contributed by atoms with Gasteiger partial charge >= 0.3 is 0 Å². The van der Waals surface area contributed by atoms with Crippen molar-refractivity contribution in [2.75, 3.05) is 0 Å². The Balaban J connectivity index is 4.67. The average Bonchev–Trinajstić information content (AvgIpc) is 2.28. The Morgan fingerprint density at radius 1 is 0.600 bits per heavy atom. The molecule has 0 aromatic heterocycles. The highest BCUT2D eigenvalue weighted by Crippen LogP contribution is 2.37. The third kappa shape index (κ3) is 4.17. The van der Waals surface area contributed by atoms with E-state index in [1.54, 1.807) is 0 Å². The molecule has 0 fully saturated rings. The summed E-state index contributed by atoms with van der Waals surface area (Å²) in [6, 6.07) is 0. The normalized spacial score (nSPS) is 14.2. The SMILES string of the molecule is CCC(C)C(C(CC)CC)C(CC)CC. The molecule has 0 rings (SSSR count). The number of hydrogen-bond donors (Lipinski definition) is 0. The summed E-state index contributed by atoms with van der Waals surface area (Å²) in [5.41, 5.74) is 0. The van der Waals surface area contributed by atoms with Crippen LogP contribution in [0.15, 0.2) is 0 Å². The molecule has 1 unspecified atom stereocenters. The molecular weight excluding hydrogens is 180 g/mol. The summed E-state index contributed by atoms with van der Waals surface area (Å²) in [7, 11) is 0. The molecule has 0 radical (unpaired) electrons. The van der Waals surface area contributed by atoms with Gasteiger partial charge in [0.25, 0.3) is 0 Å². The molecule has 1 atom stereocenters. The zero-order valence-corrected chi connectivity index (χ0v) is 11.8. The van der Waals surface area contributed by atoms with E-state index in [0.29, 0.717) is 0 Å². The van der Waals surface area contributed by atoms with Crippen LogP contribution < -0.4 is 0 Å². The first kappa shape index (κ1) is 15.0. The lowest BCUT2D eigenvalue weighted by atomic mass is 9.69. The van der Waals surface area contributed by atoms with Crippen LogP contribution in [0.1, 0.15) is 73.6 Å². The highest BCUT2D eigenvalue weighted by atomic mass is 14.3. The Kier molecular flexibility index (Phi) is 8.19. The van der Waals surface area contributed by atoms with Gasteiger partial charge in [-0.15, -0.1) is 0 Å². The highest BCUT2D eigenvalue weighted by Gasteiger charge is 2.29. The van der Waals surface area contributed by atoms with Crippen LogP contribution in [0.2, 0.25) is 0 Å². The summed E-state index contributed by atoms with van der Waals surface area (Å²) in [6.07, 6.45) is 6.80. The van der Waals surface area contributed by atoms with Crippen LogP contribution in [-0.2, 0) is 0 Å². The minimum absolute atomic E-state index is 0.903. The van der Waals surface area contributed by atoms with Gasteiger partial charge < -0.3 is 0 Å². The molecule has 0 heterocycles. The Hall–Kier alpha value is 0. The molecule has 0 aromatic rings. The third-order valence-corrected chi connectivity index (χ3v) is 4.49. The monoisotopic (exact) mass is 212 g/mol. The molecule has 0 aliphatic heterocycles. The molecule has 0 nitrogen and oxygen atoms in total. The molecule has 0 heteroatoms. The van der Waals surface area contributed by atoms with Crippen LogP contribution in [0.25, 0.3) is 0 Å². The fourth-order valence-corrected chi connectivity index (χ4v) is 3.25. The van der Waals surface area contributed by atoms with Crippen LogP contribution in [0.4, 0.5) is 0 Å². The van der Waals surface area contributed by atoms with E-state index < -0.39 is 0 Å². The standard InChI is InChI=1S/C15H32/c1-7-12(6)15(13(8-2)9-3)14(10-4)11-5/h12-15H,7-11H2,1-6H3. The van der Waals surface area contributed by atoms with Gasteiger partial charge in [0.15, 0.2) is 0 Å². The van der Waals surface area contributed by atoms with E-state index >= 15 is 0 Å². The lowest BCUT2D eigenvalue weighted by Gasteiger charge is -2.36. The van der Waals surface area contributed by atoms with Gasteiger partial charge in [0.2, 0.25) is 0 Å². The second-order valence-electron chi connectivity index (χ2n) is 5.12.